The summed E-state index contributed by atoms with van der Waals surface area (Å²) in [4.78, 5) is 12.2. The van der Waals surface area contributed by atoms with Gasteiger partial charge in [0.15, 0.2) is 0 Å². The standard InChI is InChI=1S/C19H23NO2/c1-13-5-9-18(10-6-13)22-12-16(4)20-19(21)17-8-7-14(2)15(3)11-17/h5-11,16H,12H2,1-4H3,(H,20,21). The average Bonchev–Trinajstić information content (AvgIpc) is 2.49. The third-order valence-corrected chi connectivity index (χ3v) is 3.67. The lowest BCUT2D eigenvalue weighted by atomic mass is 10.1. The maximum atomic E-state index is 12.2. The van der Waals surface area contributed by atoms with Gasteiger partial charge in [0.05, 0.1) is 6.04 Å². The predicted molar refractivity (Wildman–Crippen MR) is 89.5 cm³/mol. The van der Waals surface area contributed by atoms with Gasteiger partial charge in [0.1, 0.15) is 12.4 Å². The summed E-state index contributed by atoms with van der Waals surface area (Å²) in [5, 5.41) is 2.96. The van der Waals surface area contributed by atoms with Gasteiger partial charge in [0, 0.05) is 5.56 Å². The van der Waals surface area contributed by atoms with Crippen molar-refractivity contribution in [2.75, 3.05) is 6.61 Å². The number of aryl methyl sites for hydroxylation is 3. The van der Waals surface area contributed by atoms with Crippen LogP contribution in [-0.4, -0.2) is 18.6 Å². The third-order valence-electron chi connectivity index (χ3n) is 3.67. The van der Waals surface area contributed by atoms with Gasteiger partial charge >= 0.3 is 0 Å². The number of nitrogens with one attached hydrogen (secondary N) is 1. The van der Waals surface area contributed by atoms with Crippen molar-refractivity contribution in [1.29, 1.82) is 0 Å². The molecule has 1 N–H and O–H groups in total. The summed E-state index contributed by atoms with van der Waals surface area (Å²) in [6.07, 6.45) is 0. The van der Waals surface area contributed by atoms with Crippen LogP contribution in [-0.2, 0) is 0 Å². The van der Waals surface area contributed by atoms with Crippen LogP contribution in [0, 0.1) is 20.8 Å². The minimum Gasteiger partial charge on any atom is -0.491 e. The molecule has 2 rings (SSSR count). The number of amides is 1. The van der Waals surface area contributed by atoms with Gasteiger partial charge in [-0.05, 0) is 63.1 Å². The highest BCUT2D eigenvalue weighted by Crippen LogP contribution is 2.12. The fourth-order valence-corrected chi connectivity index (χ4v) is 2.09. The van der Waals surface area contributed by atoms with Crippen molar-refractivity contribution < 1.29 is 9.53 Å². The van der Waals surface area contributed by atoms with E-state index in [1.165, 1.54) is 11.1 Å². The monoisotopic (exact) mass is 297 g/mol. The highest BCUT2D eigenvalue weighted by molar-refractivity contribution is 5.94. The first-order valence-electron chi connectivity index (χ1n) is 7.53. The molecule has 3 nitrogen and oxygen atoms in total. The van der Waals surface area contributed by atoms with Crippen LogP contribution < -0.4 is 10.1 Å². The quantitative estimate of drug-likeness (QED) is 0.911. The summed E-state index contributed by atoms with van der Waals surface area (Å²) < 4.78 is 5.69. The molecule has 1 amide bonds. The summed E-state index contributed by atoms with van der Waals surface area (Å²) in [6.45, 7) is 8.47. The molecule has 1 atom stereocenters. The Hall–Kier alpha value is -2.29. The highest BCUT2D eigenvalue weighted by Gasteiger charge is 2.11. The molecule has 0 heterocycles. The predicted octanol–water partition coefficient (Wildman–Crippen LogP) is 3.81. The van der Waals surface area contributed by atoms with Crippen LogP contribution in [0.1, 0.15) is 34.0 Å². The van der Waals surface area contributed by atoms with Crippen LogP contribution in [0.25, 0.3) is 0 Å². The number of hydrogen-bond acceptors (Lipinski definition) is 2. The first-order valence-corrected chi connectivity index (χ1v) is 7.53. The smallest absolute Gasteiger partial charge is 0.251 e. The van der Waals surface area contributed by atoms with Gasteiger partial charge in [-0.25, -0.2) is 0 Å². The topological polar surface area (TPSA) is 38.3 Å². The SMILES string of the molecule is Cc1ccc(OCC(C)NC(=O)c2ccc(C)c(C)c2)cc1. The van der Waals surface area contributed by atoms with Crippen molar-refractivity contribution in [3.8, 4) is 5.75 Å². The molecule has 0 radical (unpaired) electrons. The van der Waals surface area contributed by atoms with Crippen molar-refractivity contribution in [3.63, 3.8) is 0 Å². The normalized spacial score (nSPS) is 11.8. The van der Waals surface area contributed by atoms with Gasteiger partial charge in [0.2, 0.25) is 0 Å². The van der Waals surface area contributed by atoms with E-state index in [4.69, 9.17) is 4.74 Å². The van der Waals surface area contributed by atoms with Crippen molar-refractivity contribution in [1.82, 2.24) is 5.32 Å². The molecule has 0 aliphatic rings. The van der Waals surface area contributed by atoms with Crippen LogP contribution in [0.5, 0.6) is 5.75 Å². The number of benzene rings is 2. The van der Waals surface area contributed by atoms with E-state index in [0.29, 0.717) is 12.2 Å². The van der Waals surface area contributed by atoms with Crippen molar-refractivity contribution >= 4 is 5.91 Å². The molecule has 0 saturated carbocycles. The van der Waals surface area contributed by atoms with Gasteiger partial charge in [-0.2, -0.15) is 0 Å². The molecule has 0 saturated heterocycles. The third kappa shape index (κ3) is 4.35. The fraction of sp³-hybridized carbons (Fsp3) is 0.316. The number of rotatable bonds is 5. The van der Waals surface area contributed by atoms with Gasteiger partial charge < -0.3 is 10.1 Å². The molecule has 0 spiro atoms. The van der Waals surface area contributed by atoms with Crippen molar-refractivity contribution in [3.05, 3.63) is 64.7 Å². The maximum Gasteiger partial charge on any atom is 0.251 e. The van der Waals surface area contributed by atoms with E-state index in [9.17, 15) is 4.79 Å². The molecular weight excluding hydrogens is 274 g/mol. The minimum absolute atomic E-state index is 0.0598. The Kier molecular flexibility index (Phi) is 5.21. The summed E-state index contributed by atoms with van der Waals surface area (Å²) in [6, 6.07) is 13.6. The van der Waals surface area contributed by atoms with Gasteiger partial charge in [-0.3, -0.25) is 4.79 Å². The van der Waals surface area contributed by atoms with E-state index < -0.39 is 0 Å². The van der Waals surface area contributed by atoms with Gasteiger partial charge in [0.25, 0.3) is 5.91 Å². The van der Waals surface area contributed by atoms with E-state index in [0.717, 1.165) is 11.3 Å². The molecule has 22 heavy (non-hydrogen) atoms. The van der Waals surface area contributed by atoms with Crippen LogP contribution in [0.4, 0.5) is 0 Å². The zero-order chi connectivity index (χ0) is 16.1. The molecule has 0 bridgehead atoms. The average molecular weight is 297 g/mol. The van der Waals surface area contributed by atoms with E-state index in [-0.39, 0.29) is 11.9 Å². The van der Waals surface area contributed by atoms with Crippen LogP contribution in [0.2, 0.25) is 0 Å². The molecule has 2 aromatic rings. The summed E-state index contributed by atoms with van der Waals surface area (Å²) in [5.74, 6) is 0.751. The van der Waals surface area contributed by atoms with Crippen LogP contribution in [0.3, 0.4) is 0 Å². The zero-order valence-corrected chi connectivity index (χ0v) is 13.6. The number of hydrogen-bond donors (Lipinski definition) is 1. The Balaban J connectivity index is 1.88. The molecular formula is C19H23NO2. The second-order valence-corrected chi connectivity index (χ2v) is 5.80. The Bertz CT molecular complexity index is 647. The van der Waals surface area contributed by atoms with E-state index in [1.807, 2.05) is 70.2 Å². The minimum atomic E-state index is -0.0666. The first-order chi connectivity index (χ1) is 10.5. The van der Waals surface area contributed by atoms with Crippen LogP contribution in [0.15, 0.2) is 42.5 Å². The molecule has 116 valence electrons. The summed E-state index contributed by atoms with van der Waals surface area (Å²) >= 11 is 0. The second-order valence-electron chi connectivity index (χ2n) is 5.80. The number of ether oxygens (including phenoxy) is 1. The molecule has 3 heteroatoms. The Morgan fingerprint density at radius 1 is 1.05 bits per heavy atom. The maximum absolute atomic E-state index is 12.2. The van der Waals surface area contributed by atoms with Crippen molar-refractivity contribution in [2.24, 2.45) is 0 Å². The van der Waals surface area contributed by atoms with Gasteiger partial charge in [-0.1, -0.05) is 23.8 Å². The molecule has 0 aliphatic heterocycles. The Labute approximate surface area is 132 Å². The lowest BCUT2D eigenvalue weighted by molar-refractivity contribution is 0.0926. The zero-order valence-electron chi connectivity index (χ0n) is 13.6. The summed E-state index contributed by atoms with van der Waals surface area (Å²) in [5.41, 5.74) is 4.19. The molecule has 0 aliphatic carbocycles. The Morgan fingerprint density at radius 2 is 1.73 bits per heavy atom. The summed E-state index contributed by atoms with van der Waals surface area (Å²) in [7, 11) is 0. The molecule has 0 fully saturated rings. The number of carbonyl (C=O) groups is 1. The second kappa shape index (κ2) is 7.12. The van der Waals surface area contributed by atoms with Crippen LogP contribution >= 0.6 is 0 Å². The number of carbonyl (C=O) groups excluding carboxylic acids is 1. The van der Waals surface area contributed by atoms with E-state index >= 15 is 0 Å². The molecule has 1 unspecified atom stereocenters. The molecule has 0 aromatic heterocycles. The van der Waals surface area contributed by atoms with E-state index in [1.54, 1.807) is 0 Å². The van der Waals surface area contributed by atoms with Crippen molar-refractivity contribution in [2.45, 2.75) is 33.7 Å². The first kappa shape index (κ1) is 16.1. The Morgan fingerprint density at radius 3 is 2.36 bits per heavy atom. The molecule has 2 aromatic carbocycles. The largest absolute Gasteiger partial charge is 0.491 e. The van der Waals surface area contributed by atoms with Gasteiger partial charge in [-0.15, -0.1) is 0 Å². The lowest BCUT2D eigenvalue weighted by Crippen LogP contribution is -2.36. The lowest BCUT2D eigenvalue weighted by Gasteiger charge is -2.15. The fourth-order valence-electron chi connectivity index (χ4n) is 2.09. The highest BCUT2D eigenvalue weighted by atomic mass is 16.5. The van der Waals surface area contributed by atoms with E-state index in [2.05, 4.69) is 5.32 Å².